The molecule has 1 N–H and O–H groups in total. The molecular weight excluding hydrogens is 216 g/mol. The molecule has 17 heavy (non-hydrogen) atoms. The van der Waals surface area contributed by atoms with Gasteiger partial charge < -0.3 is 9.84 Å². The maximum Gasteiger partial charge on any atom is 0.312 e. The normalized spacial score (nSPS) is 50.9. The van der Waals surface area contributed by atoms with Crippen LogP contribution in [0.5, 0.6) is 0 Å². The van der Waals surface area contributed by atoms with E-state index in [9.17, 15) is 9.90 Å². The zero-order valence-corrected chi connectivity index (χ0v) is 10.6. The molecule has 1 saturated carbocycles. The Morgan fingerprint density at radius 3 is 2.76 bits per heavy atom. The van der Waals surface area contributed by atoms with Crippen LogP contribution in [0.15, 0.2) is 12.2 Å². The molecule has 3 aliphatic rings. The number of esters is 1. The molecule has 1 heterocycles. The summed E-state index contributed by atoms with van der Waals surface area (Å²) >= 11 is 0. The van der Waals surface area contributed by atoms with Crippen molar-refractivity contribution in [1.82, 2.24) is 0 Å². The highest BCUT2D eigenvalue weighted by Gasteiger charge is 2.65. The number of allylic oxidation sites excluding steroid dienone is 1. The van der Waals surface area contributed by atoms with E-state index < -0.39 is 6.10 Å². The summed E-state index contributed by atoms with van der Waals surface area (Å²) in [6, 6.07) is 0. The highest BCUT2D eigenvalue weighted by molar-refractivity contribution is 5.78. The van der Waals surface area contributed by atoms with Gasteiger partial charge in [0.2, 0.25) is 0 Å². The number of carbonyl (C=O) groups is 1. The van der Waals surface area contributed by atoms with Gasteiger partial charge in [0.25, 0.3) is 0 Å². The molecule has 1 saturated heterocycles. The molecule has 5 atom stereocenters. The number of carbonyl (C=O) groups excluding carboxylic acids is 1. The first-order chi connectivity index (χ1) is 7.87. The first kappa shape index (κ1) is 11.3. The SMILES string of the molecule is CC1(C)CC[C@@H]2OC(=O)[C@@H]3[C@H](O)C=C[C@@H]1[C@]23C. The van der Waals surface area contributed by atoms with Gasteiger partial charge in [-0.25, -0.2) is 0 Å². The van der Waals surface area contributed by atoms with Crippen molar-refractivity contribution in [1.29, 1.82) is 0 Å². The number of rotatable bonds is 0. The largest absolute Gasteiger partial charge is 0.461 e. The van der Waals surface area contributed by atoms with Crippen molar-refractivity contribution < 1.29 is 14.6 Å². The van der Waals surface area contributed by atoms with Gasteiger partial charge >= 0.3 is 5.97 Å². The lowest BCUT2D eigenvalue weighted by Crippen LogP contribution is -2.54. The van der Waals surface area contributed by atoms with Crippen molar-refractivity contribution in [2.24, 2.45) is 22.7 Å². The molecule has 0 spiro atoms. The Balaban J connectivity index is 2.14. The minimum atomic E-state index is -0.678. The summed E-state index contributed by atoms with van der Waals surface area (Å²) < 4.78 is 5.51. The van der Waals surface area contributed by atoms with Crippen molar-refractivity contribution in [3.05, 3.63) is 12.2 Å². The molecule has 3 heteroatoms. The van der Waals surface area contributed by atoms with Gasteiger partial charge in [-0.1, -0.05) is 32.9 Å². The van der Waals surface area contributed by atoms with Crippen LogP contribution in [0, 0.1) is 22.7 Å². The molecule has 2 aliphatic carbocycles. The number of hydrogen-bond donors (Lipinski definition) is 1. The zero-order chi connectivity index (χ0) is 12.4. The molecule has 0 aromatic carbocycles. The van der Waals surface area contributed by atoms with Crippen LogP contribution in [0.2, 0.25) is 0 Å². The average Bonchev–Trinajstić information content (AvgIpc) is 2.47. The Morgan fingerprint density at radius 2 is 2.06 bits per heavy atom. The predicted molar refractivity (Wildman–Crippen MR) is 63.1 cm³/mol. The van der Waals surface area contributed by atoms with Crippen LogP contribution >= 0.6 is 0 Å². The van der Waals surface area contributed by atoms with Gasteiger partial charge in [-0.3, -0.25) is 4.79 Å². The lowest BCUT2D eigenvalue weighted by atomic mass is 9.50. The van der Waals surface area contributed by atoms with E-state index >= 15 is 0 Å². The Morgan fingerprint density at radius 1 is 1.35 bits per heavy atom. The first-order valence-electron chi connectivity index (χ1n) is 6.44. The molecule has 3 nitrogen and oxygen atoms in total. The van der Waals surface area contributed by atoms with E-state index in [1.54, 1.807) is 6.08 Å². The van der Waals surface area contributed by atoms with Crippen LogP contribution < -0.4 is 0 Å². The molecule has 2 fully saturated rings. The van der Waals surface area contributed by atoms with Crippen LogP contribution in [-0.2, 0) is 9.53 Å². The van der Waals surface area contributed by atoms with E-state index in [0.717, 1.165) is 12.8 Å². The molecule has 0 bridgehead atoms. The van der Waals surface area contributed by atoms with E-state index in [2.05, 4.69) is 26.8 Å². The fourth-order valence-corrected chi connectivity index (χ4v) is 4.37. The Labute approximate surface area is 102 Å². The summed E-state index contributed by atoms with van der Waals surface area (Å²) in [4.78, 5) is 12.0. The van der Waals surface area contributed by atoms with Crippen LogP contribution in [0.1, 0.15) is 33.6 Å². The van der Waals surface area contributed by atoms with Gasteiger partial charge in [0.15, 0.2) is 0 Å². The first-order valence-corrected chi connectivity index (χ1v) is 6.44. The summed E-state index contributed by atoms with van der Waals surface area (Å²) in [5.41, 5.74) is -0.0544. The van der Waals surface area contributed by atoms with Crippen molar-refractivity contribution in [3.8, 4) is 0 Å². The minimum Gasteiger partial charge on any atom is -0.461 e. The monoisotopic (exact) mass is 236 g/mol. The third-order valence-electron chi connectivity index (χ3n) is 5.28. The summed E-state index contributed by atoms with van der Waals surface area (Å²) in [6.07, 6.45) is 5.19. The van der Waals surface area contributed by atoms with Gasteiger partial charge in [0, 0.05) is 5.41 Å². The van der Waals surface area contributed by atoms with E-state index in [0.29, 0.717) is 5.92 Å². The maximum absolute atomic E-state index is 12.0. The highest BCUT2D eigenvalue weighted by Crippen LogP contribution is 2.61. The molecule has 94 valence electrons. The summed E-state index contributed by atoms with van der Waals surface area (Å²) in [5, 5.41) is 10.1. The van der Waals surface area contributed by atoms with Crippen molar-refractivity contribution in [2.45, 2.75) is 45.8 Å². The van der Waals surface area contributed by atoms with Gasteiger partial charge in [-0.05, 0) is 24.2 Å². The van der Waals surface area contributed by atoms with Gasteiger partial charge in [0.1, 0.15) is 6.10 Å². The van der Waals surface area contributed by atoms with E-state index in [4.69, 9.17) is 4.74 Å². The highest BCUT2D eigenvalue weighted by atomic mass is 16.6. The molecule has 0 aromatic heterocycles. The van der Waals surface area contributed by atoms with E-state index in [-0.39, 0.29) is 28.8 Å². The molecule has 1 aliphatic heterocycles. The Bertz CT molecular complexity index is 398. The van der Waals surface area contributed by atoms with Crippen molar-refractivity contribution in [3.63, 3.8) is 0 Å². The second-order valence-corrected chi connectivity index (χ2v) is 6.65. The molecular formula is C14H20O3. The molecule has 0 aromatic rings. The van der Waals surface area contributed by atoms with Crippen LogP contribution in [-0.4, -0.2) is 23.3 Å². The van der Waals surface area contributed by atoms with Gasteiger partial charge in [0.05, 0.1) is 12.0 Å². The molecule has 0 radical (unpaired) electrons. The van der Waals surface area contributed by atoms with Crippen LogP contribution in [0.3, 0.4) is 0 Å². The van der Waals surface area contributed by atoms with Crippen LogP contribution in [0.4, 0.5) is 0 Å². The number of ether oxygens (including phenoxy) is 1. The van der Waals surface area contributed by atoms with Gasteiger partial charge in [-0.2, -0.15) is 0 Å². The second kappa shape index (κ2) is 3.14. The maximum atomic E-state index is 12.0. The Kier molecular flexibility index (Phi) is 2.08. The third-order valence-corrected chi connectivity index (χ3v) is 5.28. The average molecular weight is 236 g/mol. The molecule has 0 unspecified atom stereocenters. The third kappa shape index (κ3) is 1.23. The molecule has 0 amide bonds. The topological polar surface area (TPSA) is 46.5 Å². The minimum absolute atomic E-state index is 0.0161. The number of aliphatic hydroxyl groups excluding tert-OH is 1. The standard InChI is InChI=1S/C14H20O3/c1-13(2)7-6-10-14(3)9(13)5-4-8(15)11(14)12(16)17-10/h4-5,8-11,15H,6-7H2,1-3H3/t8-,9+,10+,11+,14-/m1/s1. The smallest absolute Gasteiger partial charge is 0.312 e. The number of aliphatic hydroxyl groups is 1. The lowest BCUT2D eigenvalue weighted by molar-refractivity contribution is -0.146. The summed E-state index contributed by atoms with van der Waals surface area (Å²) in [7, 11) is 0. The quantitative estimate of drug-likeness (QED) is 0.516. The second-order valence-electron chi connectivity index (χ2n) is 6.65. The Hall–Kier alpha value is -0.830. The van der Waals surface area contributed by atoms with Crippen LogP contribution in [0.25, 0.3) is 0 Å². The van der Waals surface area contributed by atoms with Crippen molar-refractivity contribution in [2.75, 3.05) is 0 Å². The number of hydrogen-bond acceptors (Lipinski definition) is 3. The predicted octanol–water partition coefficient (Wildman–Crippen LogP) is 1.90. The summed E-state index contributed by atoms with van der Waals surface area (Å²) in [6.45, 7) is 6.62. The van der Waals surface area contributed by atoms with Crippen molar-refractivity contribution >= 4 is 5.97 Å². The summed E-state index contributed by atoms with van der Waals surface area (Å²) in [5.74, 6) is -0.271. The fraction of sp³-hybridized carbons (Fsp3) is 0.786. The fourth-order valence-electron chi connectivity index (χ4n) is 4.37. The lowest BCUT2D eigenvalue weighted by Gasteiger charge is -2.53. The van der Waals surface area contributed by atoms with E-state index in [1.165, 1.54) is 0 Å². The van der Waals surface area contributed by atoms with E-state index in [1.807, 2.05) is 0 Å². The van der Waals surface area contributed by atoms with Gasteiger partial charge in [-0.15, -0.1) is 0 Å². The zero-order valence-electron chi connectivity index (χ0n) is 10.6. The molecule has 3 rings (SSSR count).